The Morgan fingerprint density at radius 2 is 2.75 bits per heavy atom. The van der Waals surface area contributed by atoms with Crippen molar-refractivity contribution in [3.8, 4) is 0 Å². The van der Waals surface area contributed by atoms with E-state index in [0.717, 1.165) is 4.79 Å². The number of rotatable bonds is 1. The molecule has 0 aliphatic heterocycles. The first kappa shape index (κ1) is 4.61. The Morgan fingerprint density at radius 1 is 1.88 bits per heavy atom. The molecule has 1 rings (SSSR count). The lowest BCUT2D eigenvalue weighted by molar-refractivity contribution is -0.739. The maximum absolute atomic E-state index is 7.83. The number of azide groups is 1. The van der Waals surface area contributed by atoms with Crippen LogP contribution in [0.2, 0.25) is 0 Å². The van der Waals surface area contributed by atoms with Gasteiger partial charge in [0.1, 0.15) is 6.20 Å². The second-order valence-corrected chi connectivity index (χ2v) is 1.05. The van der Waals surface area contributed by atoms with Gasteiger partial charge in [0.05, 0.1) is 4.91 Å². The second kappa shape index (κ2) is 1.94. The minimum Gasteiger partial charge on any atom is -0.123 e. The van der Waals surface area contributed by atoms with Gasteiger partial charge in [0.2, 0.25) is 11.4 Å². The summed E-state index contributed by atoms with van der Waals surface area (Å²) < 4.78 is 0. The number of hydrogen-bond donors (Lipinski definition) is 1. The van der Waals surface area contributed by atoms with E-state index in [2.05, 4.69) is 20.4 Å². The highest BCUT2D eigenvalue weighted by Gasteiger charge is 1.90. The molecule has 0 fully saturated rings. The van der Waals surface area contributed by atoms with Gasteiger partial charge >= 0.3 is 0 Å². The Labute approximate surface area is 44.3 Å². The lowest BCUT2D eigenvalue weighted by atomic mass is 11.0. The minimum absolute atomic E-state index is 1.15. The van der Waals surface area contributed by atoms with Crippen LogP contribution in [0.3, 0.4) is 0 Å². The van der Waals surface area contributed by atoms with Gasteiger partial charge in [0.15, 0.2) is 0 Å². The zero-order chi connectivity index (χ0) is 5.82. The first-order chi connectivity index (χ1) is 3.93. The van der Waals surface area contributed by atoms with Crippen LogP contribution in [0, 0.1) is 0 Å². The van der Waals surface area contributed by atoms with Crippen molar-refractivity contribution >= 4 is 0 Å². The SMILES string of the molecule is [N-]=[N+]=N[n+]1ccn[nH]1. The molecule has 1 aromatic heterocycles. The summed E-state index contributed by atoms with van der Waals surface area (Å²) in [5, 5.41) is 9.04. The van der Waals surface area contributed by atoms with Gasteiger partial charge in [-0.2, -0.15) is 0 Å². The number of H-pyrrole nitrogens is 1. The molecule has 0 atom stereocenters. The highest BCUT2D eigenvalue weighted by atomic mass is 15.6. The highest BCUT2D eigenvalue weighted by Crippen LogP contribution is 1.61. The molecule has 0 saturated carbocycles. The van der Waals surface area contributed by atoms with Gasteiger partial charge in [0.25, 0.3) is 0 Å². The first-order valence-corrected chi connectivity index (χ1v) is 1.90. The zero-order valence-corrected chi connectivity index (χ0v) is 3.89. The van der Waals surface area contributed by atoms with Gasteiger partial charge in [0, 0.05) is 10.3 Å². The van der Waals surface area contributed by atoms with Crippen molar-refractivity contribution in [2.24, 2.45) is 5.22 Å². The van der Waals surface area contributed by atoms with Crippen molar-refractivity contribution in [2.45, 2.75) is 0 Å². The third-order valence-electron chi connectivity index (χ3n) is 0.579. The molecule has 1 aromatic rings. The Kier molecular flexibility index (Phi) is 1.12. The van der Waals surface area contributed by atoms with E-state index in [-0.39, 0.29) is 0 Å². The van der Waals surface area contributed by atoms with Gasteiger partial charge in [-0.3, -0.25) is 0 Å². The topological polar surface area (TPSA) is 81.3 Å². The molecule has 40 valence electrons. The molecular weight excluding hydrogens is 108 g/mol. The molecule has 8 heavy (non-hydrogen) atoms. The van der Waals surface area contributed by atoms with Gasteiger partial charge < -0.3 is 0 Å². The largest absolute Gasteiger partial charge is 0.236 e. The standard InChI is InChI=1S/C2H2N6/c3-5-7-8-2-1-4-6-8/h1-2H/p+1. The molecular formula is C2H3N6+. The average molecular weight is 111 g/mol. The molecule has 0 spiro atoms. The van der Waals surface area contributed by atoms with Gasteiger partial charge in [-0.15, -0.1) is 5.10 Å². The van der Waals surface area contributed by atoms with Crippen LogP contribution in [0.15, 0.2) is 17.6 Å². The van der Waals surface area contributed by atoms with E-state index in [4.69, 9.17) is 5.53 Å². The van der Waals surface area contributed by atoms with Crippen molar-refractivity contribution in [2.75, 3.05) is 0 Å². The van der Waals surface area contributed by atoms with Crippen LogP contribution in [-0.4, -0.2) is 10.3 Å². The summed E-state index contributed by atoms with van der Waals surface area (Å²) in [5.41, 5.74) is 7.83. The van der Waals surface area contributed by atoms with Gasteiger partial charge in [-0.1, -0.05) is 5.21 Å². The summed E-state index contributed by atoms with van der Waals surface area (Å²) >= 11 is 0. The Morgan fingerprint density at radius 3 is 3.25 bits per heavy atom. The predicted molar refractivity (Wildman–Crippen MR) is 23.3 cm³/mol. The minimum atomic E-state index is 1.15. The van der Waals surface area contributed by atoms with Crippen molar-refractivity contribution in [3.05, 3.63) is 22.8 Å². The maximum atomic E-state index is 7.83. The van der Waals surface area contributed by atoms with Crippen LogP contribution < -0.4 is 4.79 Å². The van der Waals surface area contributed by atoms with Gasteiger partial charge in [-0.25, -0.2) is 0 Å². The summed E-state index contributed by atoms with van der Waals surface area (Å²) in [7, 11) is 0. The monoisotopic (exact) mass is 111 g/mol. The summed E-state index contributed by atoms with van der Waals surface area (Å²) in [5.74, 6) is 0. The predicted octanol–water partition coefficient (Wildman–Crippen LogP) is -0.229. The van der Waals surface area contributed by atoms with Crippen molar-refractivity contribution < 1.29 is 4.79 Å². The number of aromatic nitrogens is 3. The fraction of sp³-hybridized carbons (Fsp3) is 0. The van der Waals surface area contributed by atoms with E-state index in [1.54, 1.807) is 0 Å². The smallest absolute Gasteiger partial charge is 0.123 e. The van der Waals surface area contributed by atoms with E-state index < -0.39 is 0 Å². The van der Waals surface area contributed by atoms with E-state index in [0.29, 0.717) is 0 Å². The molecule has 1 N–H and O–H groups in total. The van der Waals surface area contributed by atoms with Crippen molar-refractivity contribution in [1.29, 1.82) is 0 Å². The van der Waals surface area contributed by atoms with E-state index in [1.165, 1.54) is 12.4 Å². The zero-order valence-electron chi connectivity index (χ0n) is 3.89. The first-order valence-electron chi connectivity index (χ1n) is 1.90. The quantitative estimate of drug-likeness (QED) is 0.231. The third kappa shape index (κ3) is 0.742. The molecule has 6 heteroatoms. The number of aromatic amines is 1. The maximum Gasteiger partial charge on any atom is 0.236 e. The molecule has 1 heterocycles. The Bertz CT molecular complexity index is 192. The van der Waals surface area contributed by atoms with Crippen LogP contribution in [0.4, 0.5) is 0 Å². The summed E-state index contributed by atoms with van der Waals surface area (Å²) in [6.07, 6.45) is 2.98. The van der Waals surface area contributed by atoms with Crippen molar-refractivity contribution in [1.82, 2.24) is 10.3 Å². The van der Waals surface area contributed by atoms with Crippen LogP contribution in [-0.2, 0) is 0 Å². The Hall–Kier alpha value is -1.55. The molecule has 0 aliphatic carbocycles. The van der Waals surface area contributed by atoms with Crippen molar-refractivity contribution in [3.63, 3.8) is 0 Å². The molecule has 0 aliphatic rings. The molecule has 0 aromatic carbocycles. The summed E-state index contributed by atoms with van der Waals surface area (Å²) in [6.45, 7) is 0. The molecule has 0 saturated heterocycles. The Balaban J connectivity index is 2.93. The molecule has 0 radical (unpaired) electrons. The van der Waals surface area contributed by atoms with Crippen LogP contribution >= 0.6 is 0 Å². The number of nitrogens with one attached hydrogen (secondary N) is 1. The normalized spacial score (nSPS) is 8.00. The van der Waals surface area contributed by atoms with E-state index in [1.807, 2.05) is 0 Å². The highest BCUT2D eigenvalue weighted by molar-refractivity contribution is 4.47. The summed E-state index contributed by atoms with van der Waals surface area (Å²) in [4.78, 5) is 3.65. The molecule has 0 unspecified atom stereocenters. The fourth-order valence-electron chi connectivity index (χ4n) is 0.315. The summed E-state index contributed by atoms with van der Waals surface area (Å²) in [6, 6.07) is 0. The van der Waals surface area contributed by atoms with Crippen LogP contribution in [0.25, 0.3) is 10.4 Å². The average Bonchev–Trinajstić information content (AvgIpc) is 2.19. The lowest BCUT2D eigenvalue weighted by Crippen LogP contribution is -2.26. The molecule has 0 amide bonds. The lowest BCUT2D eigenvalue weighted by Gasteiger charge is -1.61. The number of nitrogens with zero attached hydrogens (tertiary/aromatic N) is 5. The number of hydrogen-bond acceptors (Lipinski definition) is 2. The second-order valence-electron chi connectivity index (χ2n) is 1.05. The van der Waals surface area contributed by atoms with Gasteiger partial charge in [-0.05, 0) is 0 Å². The molecule has 0 bridgehead atoms. The fourth-order valence-corrected chi connectivity index (χ4v) is 0.315. The van der Waals surface area contributed by atoms with Crippen LogP contribution in [0.1, 0.15) is 0 Å². The van der Waals surface area contributed by atoms with Crippen LogP contribution in [0.5, 0.6) is 0 Å². The van der Waals surface area contributed by atoms with E-state index >= 15 is 0 Å². The van der Waals surface area contributed by atoms with E-state index in [9.17, 15) is 0 Å². The molecule has 6 nitrogen and oxygen atoms in total. The third-order valence-corrected chi connectivity index (χ3v) is 0.579.